The van der Waals surface area contributed by atoms with Crippen LogP contribution in [-0.4, -0.2) is 59.7 Å². The Hall–Kier alpha value is -2.63. The van der Waals surface area contributed by atoms with Gasteiger partial charge in [-0.25, -0.2) is 0 Å². The number of hydrogen-bond acceptors (Lipinski definition) is 3. The summed E-state index contributed by atoms with van der Waals surface area (Å²) in [5.74, 6) is 0.403. The molecule has 29 heavy (non-hydrogen) atoms. The molecule has 2 saturated carbocycles. The maximum Gasteiger partial charge on any atom is 0.251 e. The maximum atomic E-state index is 12.5. The van der Waals surface area contributed by atoms with E-state index >= 15 is 0 Å². The predicted molar refractivity (Wildman–Crippen MR) is 111 cm³/mol. The molecule has 6 heteroatoms. The second-order valence-electron chi connectivity index (χ2n) is 8.34. The van der Waals surface area contributed by atoms with Gasteiger partial charge in [-0.1, -0.05) is 25.0 Å². The number of carbonyl (C=O) groups excluding carboxylic acids is 3. The quantitative estimate of drug-likeness (QED) is 0.779. The van der Waals surface area contributed by atoms with Crippen molar-refractivity contribution < 1.29 is 14.4 Å². The van der Waals surface area contributed by atoms with Crippen molar-refractivity contribution in [2.75, 3.05) is 26.2 Å². The lowest BCUT2D eigenvalue weighted by molar-refractivity contribution is -0.140. The molecule has 0 radical (unpaired) electrons. The molecule has 3 aliphatic rings. The maximum absolute atomic E-state index is 12.5. The smallest absolute Gasteiger partial charge is 0.251 e. The monoisotopic (exact) mass is 395 g/mol. The summed E-state index contributed by atoms with van der Waals surface area (Å²) in [7, 11) is 0. The number of carbonyl (C=O) groups is 3. The minimum atomic E-state index is -0.0378. The molecule has 6 nitrogen and oxygen atoms in total. The second kappa shape index (κ2) is 8.80. The molecule has 3 amide bonds. The van der Waals surface area contributed by atoms with E-state index in [1.807, 2.05) is 17.0 Å². The Labute approximate surface area is 171 Å². The minimum Gasteiger partial charge on any atom is -0.349 e. The fourth-order valence-electron chi connectivity index (χ4n) is 4.09. The van der Waals surface area contributed by atoms with Gasteiger partial charge in [0, 0.05) is 49.8 Å². The Kier molecular flexibility index (Phi) is 5.97. The van der Waals surface area contributed by atoms with E-state index in [2.05, 4.69) is 5.32 Å². The molecule has 1 aliphatic heterocycles. The fourth-order valence-corrected chi connectivity index (χ4v) is 4.09. The standard InChI is InChI=1S/C23H29N3O3/c27-21(25-13-15-26(16-14-25)23(29)19-3-1-2-4-19)12-7-17-5-8-18(9-6-17)22(28)24-20-10-11-20/h5-9,12,19-20H,1-4,10-11,13-16H2,(H,24,28)/b12-7+. The van der Waals surface area contributed by atoms with E-state index in [1.54, 1.807) is 29.2 Å². The molecule has 1 N–H and O–H groups in total. The average molecular weight is 396 g/mol. The molecule has 1 saturated heterocycles. The molecule has 0 bridgehead atoms. The number of hydrogen-bond donors (Lipinski definition) is 1. The van der Waals surface area contributed by atoms with Crippen LogP contribution in [0.3, 0.4) is 0 Å². The Morgan fingerprint density at radius 2 is 1.48 bits per heavy atom. The van der Waals surface area contributed by atoms with Crippen LogP contribution in [0.2, 0.25) is 0 Å². The molecule has 0 unspecified atom stereocenters. The van der Waals surface area contributed by atoms with Crippen molar-refractivity contribution in [2.45, 2.75) is 44.6 Å². The number of benzene rings is 1. The molecule has 0 spiro atoms. The van der Waals surface area contributed by atoms with Gasteiger partial charge >= 0.3 is 0 Å². The molecule has 0 atom stereocenters. The van der Waals surface area contributed by atoms with Crippen molar-refractivity contribution in [3.05, 3.63) is 41.5 Å². The zero-order valence-electron chi connectivity index (χ0n) is 16.8. The van der Waals surface area contributed by atoms with Crippen LogP contribution in [-0.2, 0) is 9.59 Å². The van der Waals surface area contributed by atoms with Gasteiger partial charge in [-0.3, -0.25) is 14.4 Å². The highest BCUT2D eigenvalue weighted by Gasteiger charge is 2.30. The Balaban J connectivity index is 1.25. The Morgan fingerprint density at radius 3 is 2.10 bits per heavy atom. The van der Waals surface area contributed by atoms with E-state index in [4.69, 9.17) is 0 Å². The van der Waals surface area contributed by atoms with Crippen LogP contribution in [0.4, 0.5) is 0 Å². The van der Waals surface area contributed by atoms with E-state index in [0.29, 0.717) is 37.8 Å². The zero-order valence-corrected chi connectivity index (χ0v) is 16.8. The van der Waals surface area contributed by atoms with E-state index in [1.165, 1.54) is 0 Å². The van der Waals surface area contributed by atoms with Crippen molar-refractivity contribution in [2.24, 2.45) is 5.92 Å². The van der Waals surface area contributed by atoms with Gasteiger partial charge in [0.05, 0.1) is 0 Å². The van der Waals surface area contributed by atoms with Gasteiger partial charge in [-0.2, -0.15) is 0 Å². The highest BCUT2D eigenvalue weighted by Crippen LogP contribution is 2.27. The molecule has 154 valence electrons. The molecule has 0 aromatic heterocycles. The van der Waals surface area contributed by atoms with Crippen molar-refractivity contribution >= 4 is 23.8 Å². The lowest BCUT2D eigenvalue weighted by Gasteiger charge is -2.35. The SMILES string of the molecule is O=C(NC1CC1)c1ccc(/C=C/C(=O)N2CCN(C(=O)C3CCCC3)CC2)cc1. The van der Waals surface area contributed by atoms with Crippen LogP contribution in [0.1, 0.15) is 54.4 Å². The average Bonchev–Trinajstić information content (AvgIpc) is 3.40. The number of rotatable bonds is 5. The third kappa shape index (κ3) is 5.05. The van der Waals surface area contributed by atoms with Crippen LogP contribution >= 0.6 is 0 Å². The summed E-state index contributed by atoms with van der Waals surface area (Å²) in [6.45, 7) is 2.42. The Bertz CT molecular complexity index is 784. The van der Waals surface area contributed by atoms with Crippen LogP contribution in [0, 0.1) is 5.92 Å². The van der Waals surface area contributed by atoms with Gasteiger partial charge in [0.15, 0.2) is 0 Å². The molecule has 2 aliphatic carbocycles. The number of nitrogens with one attached hydrogen (secondary N) is 1. The number of piperazine rings is 1. The molecule has 1 aromatic carbocycles. The summed E-state index contributed by atoms with van der Waals surface area (Å²) in [6.07, 6.45) is 9.84. The Morgan fingerprint density at radius 1 is 0.862 bits per heavy atom. The third-order valence-corrected chi connectivity index (χ3v) is 6.11. The summed E-state index contributed by atoms with van der Waals surface area (Å²) in [6, 6.07) is 7.62. The van der Waals surface area contributed by atoms with Gasteiger partial charge in [-0.15, -0.1) is 0 Å². The number of nitrogens with zero attached hydrogens (tertiary/aromatic N) is 2. The van der Waals surface area contributed by atoms with Gasteiger partial charge in [-0.05, 0) is 49.5 Å². The molecule has 4 rings (SSSR count). The highest BCUT2D eigenvalue weighted by atomic mass is 16.2. The van der Waals surface area contributed by atoms with Crippen molar-refractivity contribution in [1.29, 1.82) is 0 Å². The molecule has 3 fully saturated rings. The first-order chi connectivity index (χ1) is 14.1. The molecular weight excluding hydrogens is 366 g/mol. The first-order valence-electron chi connectivity index (χ1n) is 10.8. The topological polar surface area (TPSA) is 69.7 Å². The van der Waals surface area contributed by atoms with Crippen LogP contribution in [0.15, 0.2) is 30.3 Å². The second-order valence-corrected chi connectivity index (χ2v) is 8.34. The van der Waals surface area contributed by atoms with Crippen molar-refractivity contribution in [3.8, 4) is 0 Å². The van der Waals surface area contributed by atoms with E-state index < -0.39 is 0 Å². The van der Waals surface area contributed by atoms with Crippen molar-refractivity contribution in [3.63, 3.8) is 0 Å². The molecular formula is C23H29N3O3. The molecule has 1 heterocycles. The van der Waals surface area contributed by atoms with Crippen LogP contribution in [0.25, 0.3) is 6.08 Å². The first kappa shape index (κ1) is 19.7. The lowest BCUT2D eigenvalue weighted by atomic mass is 10.1. The van der Waals surface area contributed by atoms with Crippen LogP contribution < -0.4 is 5.32 Å². The summed E-state index contributed by atoms with van der Waals surface area (Å²) < 4.78 is 0. The third-order valence-electron chi connectivity index (χ3n) is 6.11. The van der Waals surface area contributed by atoms with E-state index in [0.717, 1.165) is 44.1 Å². The predicted octanol–water partition coefficient (Wildman–Crippen LogP) is 2.45. The minimum absolute atomic E-state index is 0.0338. The van der Waals surface area contributed by atoms with Crippen molar-refractivity contribution in [1.82, 2.24) is 15.1 Å². The first-order valence-corrected chi connectivity index (χ1v) is 10.8. The van der Waals surface area contributed by atoms with Gasteiger partial charge in [0.25, 0.3) is 5.91 Å². The zero-order chi connectivity index (χ0) is 20.2. The van der Waals surface area contributed by atoms with Gasteiger partial charge in [0.1, 0.15) is 0 Å². The summed E-state index contributed by atoms with van der Waals surface area (Å²) in [5, 5.41) is 2.97. The highest BCUT2D eigenvalue weighted by molar-refractivity contribution is 5.95. The van der Waals surface area contributed by atoms with Gasteiger partial charge in [0.2, 0.25) is 11.8 Å². The largest absolute Gasteiger partial charge is 0.349 e. The summed E-state index contributed by atoms with van der Waals surface area (Å²) >= 11 is 0. The van der Waals surface area contributed by atoms with Gasteiger partial charge < -0.3 is 15.1 Å². The molecule has 1 aromatic rings. The van der Waals surface area contributed by atoms with E-state index in [-0.39, 0.29) is 23.6 Å². The number of amides is 3. The lowest BCUT2D eigenvalue weighted by Crippen LogP contribution is -2.51. The summed E-state index contributed by atoms with van der Waals surface area (Å²) in [4.78, 5) is 40.7. The van der Waals surface area contributed by atoms with Crippen LogP contribution in [0.5, 0.6) is 0 Å². The summed E-state index contributed by atoms with van der Waals surface area (Å²) in [5.41, 5.74) is 1.53. The fraction of sp³-hybridized carbons (Fsp3) is 0.522. The van der Waals surface area contributed by atoms with E-state index in [9.17, 15) is 14.4 Å². The normalized spacial score (nSPS) is 20.3.